The highest BCUT2D eigenvalue weighted by Gasteiger charge is 2.21. The minimum Gasteiger partial charge on any atom is -0.390 e. The molecule has 0 aliphatic carbocycles. The van der Waals surface area contributed by atoms with E-state index >= 15 is 0 Å². The van der Waals surface area contributed by atoms with E-state index in [4.69, 9.17) is 5.73 Å². The third kappa shape index (κ3) is 4.73. The van der Waals surface area contributed by atoms with Crippen molar-refractivity contribution in [3.05, 3.63) is 59.3 Å². The molecular formula is C21H25N9OS. The van der Waals surface area contributed by atoms with Crippen molar-refractivity contribution in [3.63, 3.8) is 0 Å². The van der Waals surface area contributed by atoms with Gasteiger partial charge in [0.1, 0.15) is 12.0 Å². The van der Waals surface area contributed by atoms with Crippen LogP contribution in [-0.4, -0.2) is 48.8 Å². The Kier molecular flexibility index (Phi) is 6.66. The van der Waals surface area contributed by atoms with Crippen LogP contribution in [0.5, 0.6) is 0 Å². The summed E-state index contributed by atoms with van der Waals surface area (Å²) < 4.78 is 6.25. The van der Waals surface area contributed by atoms with Gasteiger partial charge in [0.2, 0.25) is 0 Å². The molecular weight excluding hydrogens is 426 g/mol. The number of nitrogens with one attached hydrogen (secondary N) is 1. The Morgan fingerprint density at radius 3 is 3.06 bits per heavy atom. The van der Waals surface area contributed by atoms with Crippen LogP contribution in [0.15, 0.2) is 51.5 Å². The zero-order chi connectivity index (χ0) is 22.5. The lowest BCUT2D eigenvalue weighted by atomic mass is 10.2. The minimum absolute atomic E-state index is 0.155. The van der Waals surface area contributed by atoms with Crippen molar-refractivity contribution in [1.82, 2.24) is 29.0 Å². The number of fused-ring (bicyclic) bond motifs is 1. The fourth-order valence-corrected chi connectivity index (χ4v) is 4.52. The average Bonchev–Trinajstić information content (AvgIpc) is 3.38. The second kappa shape index (κ2) is 9.79. The number of rotatable bonds is 7. The molecule has 3 N–H and O–H groups in total. The molecule has 0 atom stereocenters. The van der Waals surface area contributed by atoms with Gasteiger partial charge in [-0.05, 0) is 37.1 Å². The summed E-state index contributed by atoms with van der Waals surface area (Å²) in [6.45, 7) is 4.90. The Morgan fingerprint density at radius 2 is 2.22 bits per heavy atom. The van der Waals surface area contributed by atoms with Gasteiger partial charge in [0.25, 0.3) is 5.91 Å². The summed E-state index contributed by atoms with van der Waals surface area (Å²) in [6.07, 6.45) is 5.96. The fourth-order valence-electron chi connectivity index (χ4n) is 3.44. The predicted molar refractivity (Wildman–Crippen MR) is 125 cm³/mol. The van der Waals surface area contributed by atoms with Gasteiger partial charge in [0.05, 0.1) is 25.1 Å². The van der Waals surface area contributed by atoms with E-state index in [0.29, 0.717) is 18.1 Å². The van der Waals surface area contributed by atoms with Crippen LogP contribution in [0.4, 0.5) is 5.82 Å². The number of aliphatic imine (C=N–C) groups is 2. The van der Waals surface area contributed by atoms with Crippen molar-refractivity contribution in [2.75, 3.05) is 6.54 Å². The molecule has 11 heteroatoms. The van der Waals surface area contributed by atoms with Crippen LogP contribution >= 0.6 is 11.9 Å². The zero-order valence-electron chi connectivity index (χ0n) is 18.0. The van der Waals surface area contributed by atoms with Gasteiger partial charge in [-0.15, -0.1) is 0 Å². The van der Waals surface area contributed by atoms with Gasteiger partial charge in [-0.1, -0.05) is 6.07 Å². The van der Waals surface area contributed by atoms with Crippen LogP contribution in [0.25, 0.3) is 0 Å². The molecule has 0 unspecified atom stereocenters. The topological polar surface area (TPSA) is 119 Å². The molecule has 3 aromatic rings. The molecule has 0 radical (unpaired) electrons. The molecule has 0 aromatic carbocycles. The Hall–Kier alpha value is -3.44. The monoisotopic (exact) mass is 451 g/mol. The molecule has 0 spiro atoms. The first-order chi connectivity index (χ1) is 15.6. The lowest BCUT2D eigenvalue weighted by Gasteiger charge is -2.26. The summed E-state index contributed by atoms with van der Waals surface area (Å²) in [5, 5.41) is 7.30. The van der Waals surface area contributed by atoms with Crippen molar-refractivity contribution in [2.45, 2.75) is 31.5 Å². The summed E-state index contributed by atoms with van der Waals surface area (Å²) in [7, 11) is 1.91. The number of aromatic nitrogens is 4. The maximum Gasteiger partial charge on any atom is 0.268 e. The van der Waals surface area contributed by atoms with Crippen molar-refractivity contribution in [2.24, 2.45) is 22.8 Å². The molecule has 3 aromatic heterocycles. The van der Waals surface area contributed by atoms with E-state index < -0.39 is 0 Å². The number of carbonyl (C=O) groups is 1. The van der Waals surface area contributed by atoms with Gasteiger partial charge in [-0.3, -0.25) is 9.48 Å². The van der Waals surface area contributed by atoms with Crippen LogP contribution in [-0.2, 0) is 26.7 Å². The van der Waals surface area contributed by atoms with Gasteiger partial charge >= 0.3 is 0 Å². The number of hydrogen-bond donors (Lipinski definition) is 2. The zero-order valence-corrected chi connectivity index (χ0v) is 18.8. The Balaban J connectivity index is 1.43. The number of pyridine rings is 1. The SMILES string of the molecule is Cc1c(SN2CCn3nccc3C2)cc(C(=O)NCc2cccnc2/N=C/N=CN)n1C. The van der Waals surface area contributed by atoms with Crippen molar-refractivity contribution < 1.29 is 4.79 Å². The number of amides is 1. The van der Waals surface area contributed by atoms with Gasteiger partial charge < -0.3 is 15.6 Å². The Morgan fingerprint density at radius 1 is 1.34 bits per heavy atom. The first kappa shape index (κ1) is 21.8. The number of hydrogen-bond acceptors (Lipinski definition) is 6. The molecule has 4 heterocycles. The first-order valence-corrected chi connectivity index (χ1v) is 10.9. The van der Waals surface area contributed by atoms with Crippen LogP contribution in [0.3, 0.4) is 0 Å². The maximum atomic E-state index is 12.9. The predicted octanol–water partition coefficient (Wildman–Crippen LogP) is 2.02. The molecule has 32 heavy (non-hydrogen) atoms. The van der Waals surface area contributed by atoms with Crippen LogP contribution in [0.1, 0.15) is 27.4 Å². The van der Waals surface area contributed by atoms with Crippen molar-refractivity contribution in [3.8, 4) is 0 Å². The van der Waals surface area contributed by atoms with Crippen LogP contribution in [0, 0.1) is 6.92 Å². The molecule has 0 fully saturated rings. The maximum absolute atomic E-state index is 12.9. The molecule has 0 saturated carbocycles. The van der Waals surface area contributed by atoms with Gasteiger partial charge in [-0.25, -0.2) is 19.3 Å². The Labute approximate surface area is 190 Å². The van der Waals surface area contributed by atoms with E-state index in [2.05, 4.69) is 29.7 Å². The third-order valence-electron chi connectivity index (χ3n) is 5.29. The highest BCUT2D eigenvalue weighted by atomic mass is 32.2. The first-order valence-electron chi connectivity index (χ1n) is 10.1. The molecule has 0 saturated heterocycles. The lowest BCUT2D eigenvalue weighted by molar-refractivity contribution is 0.0942. The smallest absolute Gasteiger partial charge is 0.268 e. The second-order valence-electron chi connectivity index (χ2n) is 7.25. The van der Waals surface area contributed by atoms with Crippen LogP contribution < -0.4 is 11.1 Å². The van der Waals surface area contributed by atoms with Gasteiger partial charge in [0, 0.05) is 48.7 Å². The molecule has 166 valence electrons. The third-order valence-corrected chi connectivity index (χ3v) is 6.47. The molecule has 1 amide bonds. The fraction of sp³-hybridized carbons (Fsp3) is 0.286. The van der Waals surface area contributed by atoms with E-state index in [1.54, 1.807) is 24.2 Å². The lowest BCUT2D eigenvalue weighted by Crippen LogP contribution is -2.28. The minimum atomic E-state index is -0.155. The highest BCUT2D eigenvalue weighted by molar-refractivity contribution is 7.97. The van der Waals surface area contributed by atoms with Crippen molar-refractivity contribution in [1.29, 1.82) is 0 Å². The van der Waals surface area contributed by atoms with E-state index in [-0.39, 0.29) is 5.91 Å². The number of carbonyl (C=O) groups excluding carboxylic acids is 1. The van der Waals surface area contributed by atoms with Gasteiger partial charge in [-0.2, -0.15) is 5.10 Å². The summed E-state index contributed by atoms with van der Waals surface area (Å²) in [6, 6.07) is 7.66. The summed E-state index contributed by atoms with van der Waals surface area (Å²) in [5.41, 5.74) is 8.86. The molecule has 1 aliphatic rings. The Bertz CT molecular complexity index is 1160. The molecule has 0 bridgehead atoms. The quantitative estimate of drug-likeness (QED) is 0.322. The van der Waals surface area contributed by atoms with E-state index in [0.717, 1.165) is 42.1 Å². The second-order valence-corrected chi connectivity index (χ2v) is 8.39. The van der Waals surface area contributed by atoms with Crippen molar-refractivity contribution >= 4 is 36.4 Å². The summed E-state index contributed by atoms with van der Waals surface area (Å²) in [5.74, 6) is 0.333. The normalized spacial score (nSPS) is 14.3. The standard InChI is InChI=1S/C21H25N9OS/c1-15-19(32-29-8-9-30-17(12-29)5-7-27-30)10-18(28(15)2)21(31)25-11-16-4-3-6-24-20(16)26-14-23-13-22/h3-7,10,13-14H,8-9,11-12H2,1-2H3,(H,25,31)(H2,22,23,24,26). The van der Waals surface area contributed by atoms with E-state index in [1.807, 2.05) is 47.6 Å². The number of nitrogens with two attached hydrogens (primary N) is 1. The van der Waals surface area contributed by atoms with E-state index in [9.17, 15) is 4.79 Å². The summed E-state index contributed by atoms with van der Waals surface area (Å²) in [4.78, 5) is 26.2. The van der Waals surface area contributed by atoms with Gasteiger partial charge in [0.15, 0.2) is 5.82 Å². The molecule has 4 rings (SSSR count). The summed E-state index contributed by atoms with van der Waals surface area (Å²) >= 11 is 1.68. The van der Waals surface area contributed by atoms with E-state index in [1.165, 1.54) is 12.0 Å². The molecule has 10 nitrogen and oxygen atoms in total. The number of nitrogens with zero attached hydrogens (tertiary/aromatic N) is 7. The average molecular weight is 452 g/mol. The molecule has 1 aliphatic heterocycles. The largest absolute Gasteiger partial charge is 0.390 e. The van der Waals surface area contributed by atoms with Crippen LogP contribution in [0.2, 0.25) is 0 Å². The highest BCUT2D eigenvalue weighted by Crippen LogP contribution is 2.31.